The lowest BCUT2D eigenvalue weighted by molar-refractivity contribution is -0.661. The Kier molecular flexibility index (Phi) is 3.99. The largest absolute Gasteiger partial charge is 0.344 e. The second-order valence-corrected chi connectivity index (χ2v) is 7.22. The molecule has 2 aromatic heterocycles. The van der Waals surface area contributed by atoms with E-state index in [0.29, 0.717) is 17.1 Å². The maximum Gasteiger partial charge on any atom is 0.344 e. The summed E-state index contributed by atoms with van der Waals surface area (Å²) in [6.45, 7) is 0.621. The summed E-state index contributed by atoms with van der Waals surface area (Å²) in [5.74, 6) is 0. The van der Waals surface area contributed by atoms with Gasteiger partial charge in [0.1, 0.15) is 5.52 Å². The van der Waals surface area contributed by atoms with Crippen LogP contribution in [0.2, 0.25) is 5.02 Å². The van der Waals surface area contributed by atoms with Gasteiger partial charge in [-0.1, -0.05) is 60.1 Å². The van der Waals surface area contributed by atoms with E-state index in [-0.39, 0.29) is 5.56 Å². The molecule has 28 heavy (non-hydrogen) atoms. The molecule has 0 bridgehead atoms. The molecular formula is C23H17ClN3O+. The van der Waals surface area contributed by atoms with E-state index in [1.54, 1.807) is 16.8 Å². The number of benzene rings is 3. The third-order valence-electron chi connectivity index (χ3n) is 4.96. The average Bonchev–Trinajstić information content (AvgIpc) is 3.07. The fourth-order valence-electron chi connectivity index (χ4n) is 3.63. The van der Waals surface area contributed by atoms with Crippen LogP contribution in [-0.2, 0) is 6.54 Å². The Balaban J connectivity index is 1.81. The minimum absolute atomic E-state index is 0.0843. The molecule has 5 rings (SSSR count). The van der Waals surface area contributed by atoms with E-state index < -0.39 is 0 Å². The monoisotopic (exact) mass is 386 g/mol. The number of nitrogens with zero attached hydrogens (tertiary/aromatic N) is 2. The summed E-state index contributed by atoms with van der Waals surface area (Å²) < 4.78 is 3.60. The zero-order valence-electron chi connectivity index (χ0n) is 15.0. The van der Waals surface area contributed by atoms with Crippen molar-refractivity contribution in [3.63, 3.8) is 0 Å². The van der Waals surface area contributed by atoms with Gasteiger partial charge >= 0.3 is 5.56 Å². The van der Waals surface area contributed by atoms with Crippen LogP contribution < -0.4 is 10.1 Å². The summed E-state index contributed by atoms with van der Waals surface area (Å²) in [6.07, 6.45) is 2.05. The van der Waals surface area contributed by atoms with Gasteiger partial charge < -0.3 is 0 Å². The molecule has 0 atom stereocenters. The molecule has 5 aromatic rings. The highest BCUT2D eigenvalue weighted by Gasteiger charge is 2.22. The first-order chi connectivity index (χ1) is 13.7. The minimum atomic E-state index is -0.0843. The third kappa shape index (κ3) is 2.79. The van der Waals surface area contributed by atoms with Crippen molar-refractivity contribution in [2.75, 3.05) is 0 Å². The normalized spacial score (nSPS) is 11.3. The molecule has 0 spiro atoms. The average molecular weight is 387 g/mol. The molecule has 0 unspecified atom stereocenters. The Morgan fingerprint density at radius 2 is 1.61 bits per heavy atom. The van der Waals surface area contributed by atoms with Crippen molar-refractivity contribution in [3.05, 3.63) is 106 Å². The maximum atomic E-state index is 13.3. The first-order valence-corrected chi connectivity index (χ1v) is 9.44. The molecule has 0 saturated carbocycles. The molecule has 5 heteroatoms. The number of fused-ring (bicyclic) bond motifs is 3. The summed E-state index contributed by atoms with van der Waals surface area (Å²) in [4.78, 5) is 13.3. The number of nitrogens with one attached hydrogen (secondary N) is 1. The number of hydrogen-bond acceptors (Lipinski definition) is 1. The highest BCUT2D eigenvalue weighted by molar-refractivity contribution is 6.30. The van der Waals surface area contributed by atoms with Gasteiger partial charge in [0.15, 0.2) is 12.7 Å². The predicted octanol–water partition coefficient (Wildman–Crippen LogP) is 4.46. The fraction of sp³-hybridized carbons (Fsp3) is 0.0435. The second kappa shape index (κ2) is 6.66. The van der Waals surface area contributed by atoms with Crippen LogP contribution in [0.3, 0.4) is 0 Å². The van der Waals surface area contributed by atoms with Gasteiger partial charge in [0.25, 0.3) is 5.52 Å². The van der Waals surface area contributed by atoms with Crippen molar-refractivity contribution in [1.82, 2.24) is 9.78 Å². The van der Waals surface area contributed by atoms with Gasteiger partial charge in [0, 0.05) is 21.4 Å². The standard InChI is InChI=1S/C23H16ClN3O/c24-18-10-12-19(13-11-18)27-23(28)22-21(25-27)20-9-5-4-8-17(20)15-26(22)14-16-6-2-1-3-7-16/h1-13,15H,14H2/p+1. The van der Waals surface area contributed by atoms with E-state index in [4.69, 9.17) is 11.6 Å². The SMILES string of the molecule is O=c1c2c([nH]n1-c1ccc(Cl)cc1)c1ccccc1c[n+]2Cc1ccccc1. The quantitative estimate of drug-likeness (QED) is 0.457. The van der Waals surface area contributed by atoms with Crippen molar-refractivity contribution in [3.8, 4) is 5.69 Å². The van der Waals surface area contributed by atoms with Crippen molar-refractivity contribution >= 4 is 33.4 Å². The van der Waals surface area contributed by atoms with Crippen LogP contribution in [0, 0.1) is 0 Å². The van der Waals surface area contributed by atoms with Gasteiger partial charge in [-0.05, 0) is 30.3 Å². The van der Waals surface area contributed by atoms with Gasteiger partial charge in [-0.15, -0.1) is 0 Å². The highest BCUT2D eigenvalue weighted by atomic mass is 35.5. The molecule has 0 saturated heterocycles. The number of H-pyrrole nitrogens is 1. The van der Waals surface area contributed by atoms with Crippen LogP contribution in [0.25, 0.3) is 27.5 Å². The molecule has 0 aliphatic rings. The molecule has 0 amide bonds. The summed E-state index contributed by atoms with van der Waals surface area (Å²) in [7, 11) is 0. The van der Waals surface area contributed by atoms with Gasteiger partial charge in [0.2, 0.25) is 0 Å². The molecule has 0 radical (unpaired) electrons. The summed E-state index contributed by atoms with van der Waals surface area (Å²) in [6, 6.07) is 25.5. The predicted molar refractivity (Wildman–Crippen MR) is 112 cm³/mol. The molecule has 0 fully saturated rings. The first-order valence-electron chi connectivity index (χ1n) is 9.06. The number of rotatable bonds is 3. The molecule has 4 nitrogen and oxygen atoms in total. The van der Waals surface area contributed by atoms with E-state index in [1.165, 1.54) is 0 Å². The molecule has 0 aliphatic heterocycles. The van der Waals surface area contributed by atoms with Crippen LogP contribution in [0.1, 0.15) is 5.56 Å². The number of aromatic nitrogens is 3. The summed E-state index contributed by atoms with van der Waals surface area (Å²) in [5, 5.41) is 6.04. The minimum Gasteiger partial charge on any atom is -0.284 e. The van der Waals surface area contributed by atoms with Gasteiger partial charge in [-0.2, -0.15) is 4.57 Å². The maximum absolute atomic E-state index is 13.3. The van der Waals surface area contributed by atoms with Crippen molar-refractivity contribution in [1.29, 1.82) is 0 Å². The number of halogens is 1. The zero-order valence-corrected chi connectivity index (χ0v) is 15.7. The van der Waals surface area contributed by atoms with Crippen molar-refractivity contribution in [2.45, 2.75) is 6.54 Å². The molecule has 136 valence electrons. The Morgan fingerprint density at radius 1 is 0.893 bits per heavy atom. The lowest BCUT2D eigenvalue weighted by Gasteiger charge is -2.02. The Labute approximate surface area is 166 Å². The third-order valence-corrected chi connectivity index (χ3v) is 5.21. The van der Waals surface area contributed by atoms with Crippen LogP contribution in [0.15, 0.2) is 89.9 Å². The van der Waals surface area contributed by atoms with Crippen molar-refractivity contribution < 1.29 is 4.57 Å². The zero-order chi connectivity index (χ0) is 19.1. The van der Waals surface area contributed by atoms with E-state index in [2.05, 4.69) is 23.3 Å². The van der Waals surface area contributed by atoms with Crippen molar-refractivity contribution in [2.24, 2.45) is 0 Å². The molecule has 1 N–H and O–H groups in total. The van der Waals surface area contributed by atoms with Gasteiger partial charge in [-0.25, -0.2) is 4.68 Å². The Morgan fingerprint density at radius 3 is 2.39 bits per heavy atom. The number of aromatic amines is 1. The number of hydrogen-bond donors (Lipinski definition) is 1. The van der Waals surface area contributed by atoms with Crippen LogP contribution in [-0.4, -0.2) is 9.78 Å². The molecule has 2 heterocycles. The van der Waals surface area contributed by atoms with Crippen LogP contribution in [0.5, 0.6) is 0 Å². The molecule has 3 aromatic carbocycles. The fourth-order valence-corrected chi connectivity index (χ4v) is 3.76. The second-order valence-electron chi connectivity index (χ2n) is 6.78. The first kappa shape index (κ1) is 16.8. The summed E-state index contributed by atoms with van der Waals surface area (Å²) >= 11 is 6.01. The highest BCUT2D eigenvalue weighted by Crippen LogP contribution is 2.21. The Hall–Kier alpha value is -3.37. The summed E-state index contributed by atoms with van der Waals surface area (Å²) in [5.41, 5.74) is 3.29. The van der Waals surface area contributed by atoms with E-state index in [0.717, 1.165) is 27.5 Å². The van der Waals surface area contributed by atoms with E-state index in [1.807, 2.05) is 59.3 Å². The van der Waals surface area contributed by atoms with Gasteiger partial charge in [0.05, 0.1) is 5.69 Å². The van der Waals surface area contributed by atoms with Crippen LogP contribution >= 0.6 is 11.6 Å². The molecule has 0 aliphatic carbocycles. The molecular weight excluding hydrogens is 370 g/mol. The smallest absolute Gasteiger partial charge is 0.284 e. The van der Waals surface area contributed by atoms with Gasteiger partial charge in [-0.3, -0.25) is 9.89 Å². The van der Waals surface area contributed by atoms with E-state index >= 15 is 0 Å². The lowest BCUT2D eigenvalue weighted by atomic mass is 10.1. The van der Waals surface area contributed by atoms with E-state index in [9.17, 15) is 4.79 Å². The Bertz CT molecular complexity index is 1350. The number of pyridine rings is 1. The van der Waals surface area contributed by atoms with Crippen LogP contribution in [0.4, 0.5) is 0 Å². The topological polar surface area (TPSA) is 41.7 Å². The lowest BCUT2D eigenvalue weighted by Crippen LogP contribution is -2.38.